The highest BCUT2D eigenvalue weighted by Gasteiger charge is 2.14. The van der Waals surface area contributed by atoms with Crippen LogP contribution in [0.2, 0.25) is 0 Å². The number of H-pyrrole nitrogens is 1. The van der Waals surface area contributed by atoms with E-state index < -0.39 is 5.97 Å². The van der Waals surface area contributed by atoms with Gasteiger partial charge in [0.05, 0.1) is 28.7 Å². The Bertz CT molecular complexity index is 1240. The second-order valence-corrected chi connectivity index (χ2v) is 7.96. The summed E-state index contributed by atoms with van der Waals surface area (Å²) in [5, 5.41) is 16.0. The minimum atomic E-state index is -0.902. The summed E-state index contributed by atoms with van der Waals surface area (Å²) in [7, 11) is 0. The summed E-state index contributed by atoms with van der Waals surface area (Å²) in [6, 6.07) is 11.5. The normalized spacial score (nSPS) is 12.2. The summed E-state index contributed by atoms with van der Waals surface area (Å²) in [5.41, 5.74) is 2.83. The van der Waals surface area contributed by atoms with E-state index in [1.165, 1.54) is 11.3 Å². The third-order valence-corrected chi connectivity index (χ3v) is 5.62. The second kappa shape index (κ2) is 9.11. The number of thiazole rings is 1. The Morgan fingerprint density at radius 1 is 1.32 bits per heavy atom. The van der Waals surface area contributed by atoms with E-state index in [1.54, 1.807) is 16.9 Å². The number of hydrogen-bond acceptors (Lipinski definition) is 7. The number of aromatic amines is 1. The Morgan fingerprint density at radius 2 is 2.19 bits per heavy atom. The summed E-state index contributed by atoms with van der Waals surface area (Å²) in [5.74, 6) is 0.416. The molecule has 0 aliphatic heterocycles. The van der Waals surface area contributed by atoms with E-state index in [1.807, 2.05) is 36.5 Å². The van der Waals surface area contributed by atoms with Gasteiger partial charge in [-0.25, -0.2) is 9.67 Å². The van der Waals surface area contributed by atoms with Gasteiger partial charge in [0.2, 0.25) is 0 Å². The zero-order valence-corrected chi connectivity index (χ0v) is 17.6. The lowest BCUT2D eigenvalue weighted by Crippen LogP contribution is -2.26. The van der Waals surface area contributed by atoms with Gasteiger partial charge in [-0.15, -0.1) is 0 Å². The fourth-order valence-electron chi connectivity index (χ4n) is 3.13. The van der Waals surface area contributed by atoms with Gasteiger partial charge in [0, 0.05) is 18.7 Å². The number of hydrogen-bond donors (Lipinski definition) is 3. The highest BCUT2D eigenvalue weighted by atomic mass is 32.1. The maximum absolute atomic E-state index is 11.5. The average Bonchev–Trinajstić information content (AvgIpc) is 3.38. The molecule has 4 aromatic rings. The molecule has 0 fully saturated rings. The van der Waals surface area contributed by atoms with Gasteiger partial charge in [-0.2, -0.15) is 5.10 Å². The highest BCUT2D eigenvalue weighted by molar-refractivity contribution is 7.16. The molecule has 3 aromatic heterocycles. The number of rotatable bonds is 9. The van der Waals surface area contributed by atoms with Gasteiger partial charge in [0.25, 0.3) is 0 Å². The molecule has 4 rings (SSSR count). The molecule has 31 heavy (non-hydrogen) atoms. The average molecular weight is 439 g/mol. The number of nitrogens with zero attached hydrogens (tertiary/aromatic N) is 3. The van der Waals surface area contributed by atoms with E-state index in [4.69, 9.17) is 9.84 Å². The van der Waals surface area contributed by atoms with Gasteiger partial charge in [0.1, 0.15) is 12.4 Å². The van der Waals surface area contributed by atoms with Crippen LogP contribution < -0.4 is 14.9 Å². The number of carboxylic acids is 1. The monoisotopic (exact) mass is 439 g/mol. The Kier molecular flexibility index (Phi) is 6.10. The molecule has 0 spiro atoms. The van der Waals surface area contributed by atoms with Crippen molar-refractivity contribution >= 4 is 27.5 Å². The smallest absolute Gasteiger partial charge is 0.317 e. The van der Waals surface area contributed by atoms with Crippen molar-refractivity contribution in [1.29, 1.82) is 0 Å². The SMILES string of the molecule is CC(c1ccc2[nH]c(=O)sc2c1)c1ccn(-c2ccc(OCCNCC(=O)O)cn2)n1. The van der Waals surface area contributed by atoms with Crippen molar-refractivity contribution in [2.75, 3.05) is 19.7 Å². The number of ether oxygens (including phenoxy) is 1. The number of fused-ring (bicyclic) bond motifs is 1. The molecule has 1 atom stereocenters. The summed E-state index contributed by atoms with van der Waals surface area (Å²) < 4.78 is 8.19. The van der Waals surface area contributed by atoms with Crippen LogP contribution >= 0.6 is 11.3 Å². The van der Waals surface area contributed by atoms with Crippen LogP contribution in [0, 0.1) is 0 Å². The van der Waals surface area contributed by atoms with Crippen molar-refractivity contribution in [3.05, 3.63) is 69.7 Å². The Hall–Kier alpha value is -3.50. The van der Waals surface area contributed by atoms with E-state index in [-0.39, 0.29) is 17.3 Å². The first-order valence-electron chi connectivity index (χ1n) is 9.69. The lowest BCUT2D eigenvalue weighted by atomic mass is 9.98. The van der Waals surface area contributed by atoms with E-state index in [2.05, 4.69) is 27.3 Å². The predicted octanol–water partition coefficient (Wildman–Crippen LogP) is 2.38. The number of aromatic nitrogens is 4. The summed E-state index contributed by atoms with van der Waals surface area (Å²) in [6.07, 6.45) is 3.47. The molecule has 10 heteroatoms. The topological polar surface area (TPSA) is 122 Å². The molecule has 0 saturated heterocycles. The van der Waals surface area contributed by atoms with Crippen LogP contribution in [0.1, 0.15) is 24.1 Å². The third-order valence-electron chi connectivity index (χ3n) is 4.78. The molecular formula is C21H21N5O4S. The molecule has 3 N–H and O–H groups in total. The van der Waals surface area contributed by atoms with Crippen molar-refractivity contribution in [3.8, 4) is 11.6 Å². The standard InChI is InChI=1S/C21H21N5O4S/c1-13(14-2-4-17-18(10-14)31-21(29)24-17)16-6-8-26(25-16)19-5-3-15(11-23-19)30-9-7-22-12-20(27)28/h2-6,8,10-11,13,22H,7,9,12H2,1H3,(H,24,29)(H,27,28). The van der Waals surface area contributed by atoms with E-state index in [9.17, 15) is 9.59 Å². The Balaban J connectivity index is 1.40. The first kappa shape index (κ1) is 20.8. The molecule has 0 bridgehead atoms. The molecule has 0 aliphatic carbocycles. The first-order valence-corrected chi connectivity index (χ1v) is 10.5. The fourth-order valence-corrected chi connectivity index (χ4v) is 3.91. The van der Waals surface area contributed by atoms with Crippen LogP contribution in [-0.4, -0.2) is 50.5 Å². The number of nitrogens with one attached hydrogen (secondary N) is 2. The zero-order valence-electron chi connectivity index (χ0n) is 16.7. The van der Waals surface area contributed by atoms with E-state index >= 15 is 0 Å². The fraction of sp³-hybridized carbons (Fsp3) is 0.238. The van der Waals surface area contributed by atoms with Gasteiger partial charge in [-0.1, -0.05) is 24.3 Å². The van der Waals surface area contributed by atoms with Crippen LogP contribution in [0.4, 0.5) is 0 Å². The molecular weight excluding hydrogens is 418 g/mol. The van der Waals surface area contributed by atoms with Gasteiger partial charge in [-0.3, -0.25) is 9.59 Å². The van der Waals surface area contributed by atoms with Crippen LogP contribution in [-0.2, 0) is 4.79 Å². The van der Waals surface area contributed by atoms with Crippen molar-refractivity contribution < 1.29 is 14.6 Å². The van der Waals surface area contributed by atoms with Crippen LogP contribution in [0.15, 0.2) is 53.6 Å². The maximum Gasteiger partial charge on any atom is 0.317 e. The summed E-state index contributed by atoms with van der Waals surface area (Å²) in [4.78, 5) is 29.1. The number of carboxylic acid groups (broad SMARTS) is 1. The molecule has 1 unspecified atom stereocenters. The van der Waals surface area contributed by atoms with Crippen LogP contribution in [0.3, 0.4) is 0 Å². The summed E-state index contributed by atoms with van der Waals surface area (Å²) in [6.45, 7) is 2.75. The Labute approximate surface area is 181 Å². The van der Waals surface area contributed by atoms with Gasteiger partial charge < -0.3 is 20.1 Å². The van der Waals surface area contributed by atoms with Gasteiger partial charge in [-0.05, 0) is 35.9 Å². The van der Waals surface area contributed by atoms with E-state index in [0.717, 1.165) is 21.5 Å². The molecule has 0 radical (unpaired) electrons. The number of aliphatic carboxylic acids is 1. The number of benzene rings is 1. The molecule has 1 aromatic carbocycles. The molecule has 0 amide bonds. The van der Waals surface area contributed by atoms with Gasteiger partial charge >= 0.3 is 10.8 Å². The van der Waals surface area contributed by atoms with Crippen molar-refractivity contribution in [2.45, 2.75) is 12.8 Å². The van der Waals surface area contributed by atoms with E-state index in [0.29, 0.717) is 24.7 Å². The number of pyridine rings is 1. The minimum absolute atomic E-state index is 0.0564. The molecule has 9 nitrogen and oxygen atoms in total. The minimum Gasteiger partial charge on any atom is -0.491 e. The summed E-state index contributed by atoms with van der Waals surface area (Å²) >= 11 is 1.20. The largest absolute Gasteiger partial charge is 0.491 e. The first-order chi connectivity index (χ1) is 15.0. The maximum atomic E-state index is 11.5. The van der Waals surface area contributed by atoms with Crippen LogP contribution in [0.25, 0.3) is 16.0 Å². The lowest BCUT2D eigenvalue weighted by molar-refractivity contribution is -0.135. The highest BCUT2D eigenvalue weighted by Crippen LogP contribution is 2.27. The van der Waals surface area contributed by atoms with Crippen molar-refractivity contribution in [2.24, 2.45) is 0 Å². The van der Waals surface area contributed by atoms with Crippen molar-refractivity contribution in [1.82, 2.24) is 25.1 Å². The molecule has 0 aliphatic rings. The second-order valence-electron chi connectivity index (χ2n) is 6.95. The Morgan fingerprint density at radius 3 is 2.97 bits per heavy atom. The predicted molar refractivity (Wildman–Crippen MR) is 117 cm³/mol. The van der Waals surface area contributed by atoms with Crippen molar-refractivity contribution in [3.63, 3.8) is 0 Å². The number of carbonyl (C=O) groups is 1. The zero-order chi connectivity index (χ0) is 21.8. The third kappa shape index (κ3) is 4.98. The molecule has 160 valence electrons. The quantitative estimate of drug-likeness (QED) is 0.342. The lowest BCUT2D eigenvalue weighted by Gasteiger charge is -2.09. The van der Waals surface area contributed by atoms with Gasteiger partial charge in [0.15, 0.2) is 5.82 Å². The molecule has 3 heterocycles. The molecule has 0 saturated carbocycles. The van der Waals surface area contributed by atoms with Crippen LogP contribution in [0.5, 0.6) is 5.75 Å².